The Morgan fingerprint density at radius 3 is 2.24 bits per heavy atom. The molecule has 5 nitrogen and oxygen atoms in total. The lowest BCUT2D eigenvalue weighted by Gasteiger charge is -2.23. The van der Waals surface area contributed by atoms with Gasteiger partial charge in [0.2, 0.25) is 5.51 Å². The van der Waals surface area contributed by atoms with Crippen LogP contribution in [0.5, 0.6) is 5.75 Å². The molecule has 1 N–H and O–H groups in total. The van der Waals surface area contributed by atoms with E-state index in [1.807, 2.05) is 30.3 Å². The first-order chi connectivity index (χ1) is 18.6. The number of hydrogen-bond acceptors (Lipinski definition) is 3. The summed E-state index contributed by atoms with van der Waals surface area (Å²) in [6.45, 7) is 6.42. The first kappa shape index (κ1) is 29.7. The van der Waals surface area contributed by atoms with Crippen LogP contribution < -0.4 is 19.5 Å². The van der Waals surface area contributed by atoms with Gasteiger partial charge in [-0.05, 0) is 43.2 Å². The molecule has 3 rings (SSSR count). The fourth-order valence-corrected chi connectivity index (χ4v) is 5.26. The number of amides is 2. The minimum atomic E-state index is -0.128. The molecule has 0 fully saturated rings. The molecule has 1 aromatic heterocycles. The van der Waals surface area contributed by atoms with Crippen LogP contribution >= 0.6 is 11.3 Å². The van der Waals surface area contributed by atoms with Gasteiger partial charge in [-0.2, -0.15) is 4.57 Å². The lowest BCUT2D eigenvalue weighted by molar-refractivity contribution is -0.683. The second kappa shape index (κ2) is 16.9. The molecule has 0 aliphatic rings. The van der Waals surface area contributed by atoms with Gasteiger partial charge in [-0.25, -0.2) is 4.79 Å². The van der Waals surface area contributed by atoms with Crippen molar-refractivity contribution in [2.75, 3.05) is 18.6 Å². The molecule has 2 aromatic carbocycles. The van der Waals surface area contributed by atoms with Crippen molar-refractivity contribution in [1.82, 2.24) is 5.32 Å². The molecule has 0 aliphatic heterocycles. The maximum atomic E-state index is 12.7. The number of thiazole rings is 1. The lowest BCUT2D eigenvalue weighted by Crippen LogP contribution is -2.37. The Morgan fingerprint density at radius 1 is 0.921 bits per heavy atom. The summed E-state index contributed by atoms with van der Waals surface area (Å²) in [5.41, 5.74) is 5.25. The van der Waals surface area contributed by atoms with E-state index in [1.165, 1.54) is 68.2 Å². The van der Waals surface area contributed by atoms with Crippen molar-refractivity contribution in [2.24, 2.45) is 0 Å². The van der Waals surface area contributed by atoms with Crippen LogP contribution in [0.25, 0.3) is 0 Å². The van der Waals surface area contributed by atoms with E-state index in [0.717, 1.165) is 36.6 Å². The van der Waals surface area contributed by atoms with E-state index < -0.39 is 0 Å². The second-order valence-corrected chi connectivity index (χ2v) is 11.2. The highest BCUT2D eigenvalue weighted by Gasteiger charge is 2.16. The zero-order valence-corrected chi connectivity index (χ0v) is 24.4. The SMILES string of the molecule is CCCCCCCCCCCCOc1cccc(CN(C(=O)NC)c2ccc(C[n+]3csc(C)c3)cc2)c1. The average molecular weight is 537 g/mol. The van der Waals surface area contributed by atoms with Crippen molar-refractivity contribution in [3.8, 4) is 5.75 Å². The van der Waals surface area contributed by atoms with E-state index in [-0.39, 0.29) is 6.03 Å². The highest BCUT2D eigenvalue weighted by atomic mass is 32.1. The molecule has 6 heteroatoms. The van der Waals surface area contributed by atoms with Crippen molar-refractivity contribution in [1.29, 1.82) is 0 Å². The number of nitrogens with one attached hydrogen (secondary N) is 1. The van der Waals surface area contributed by atoms with Crippen molar-refractivity contribution in [3.05, 3.63) is 76.2 Å². The monoisotopic (exact) mass is 536 g/mol. The normalized spacial score (nSPS) is 10.9. The first-order valence-corrected chi connectivity index (χ1v) is 15.2. The van der Waals surface area contributed by atoms with Gasteiger partial charge in [0, 0.05) is 18.3 Å². The second-order valence-electron chi connectivity index (χ2n) is 10.1. The van der Waals surface area contributed by atoms with Crippen LogP contribution in [0.3, 0.4) is 0 Å². The fraction of sp³-hybridized carbons (Fsp3) is 0.500. The third-order valence-electron chi connectivity index (χ3n) is 6.80. The largest absolute Gasteiger partial charge is 0.494 e. The first-order valence-electron chi connectivity index (χ1n) is 14.3. The Bertz CT molecular complexity index is 1080. The van der Waals surface area contributed by atoms with Gasteiger partial charge in [0.05, 0.1) is 18.0 Å². The van der Waals surface area contributed by atoms with E-state index in [0.29, 0.717) is 6.54 Å². The Labute approximate surface area is 233 Å². The molecule has 1 heterocycles. The van der Waals surface area contributed by atoms with Gasteiger partial charge >= 0.3 is 6.03 Å². The molecule has 0 spiro atoms. The molecule has 0 atom stereocenters. The fourth-order valence-electron chi connectivity index (χ4n) is 4.63. The molecular weight excluding hydrogens is 490 g/mol. The van der Waals surface area contributed by atoms with Crippen molar-refractivity contribution in [2.45, 2.75) is 91.1 Å². The van der Waals surface area contributed by atoms with Gasteiger partial charge in [-0.1, -0.05) is 100 Å². The van der Waals surface area contributed by atoms with Crippen LogP contribution in [0.1, 0.15) is 87.1 Å². The molecule has 2 amide bonds. The van der Waals surface area contributed by atoms with Gasteiger partial charge in [-0.15, -0.1) is 0 Å². The highest BCUT2D eigenvalue weighted by Crippen LogP contribution is 2.21. The molecule has 3 aromatic rings. The van der Waals surface area contributed by atoms with Crippen LogP contribution in [-0.4, -0.2) is 19.7 Å². The van der Waals surface area contributed by atoms with Gasteiger partial charge < -0.3 is 10.1 Å². The molecule has 0 aliphatic carbocycles. The summed E-state index contributed by atoms with van der Waals surface area (Å²) in [6.07, 6.45) is 15.3. The Kier molecular flexibility index (Phi) is 13.2. The average Bonchev–Trinajstić information content (AvgIpc) is 3.35. The molecule has 0 saturated heterocycles. The van der Waals surface area contributed by atoms with Crippen molar-refractivity contribution < 1.29 is 14.1 Å². The summed E-state index contributed by atoms with van der Waals surface area (Å²) in [5.74, 6) is 0.869. The predicted molar refractivity (Wildman–Crippen MR) is 159 cm³/mol. The minimum Gasteiger partial charge on any atom is -0.494 e. The minimum absolute atomic E-state index is 0.128. The van der Waals surface area contributed by atoms with E-state index >= 15 is 0 Å². The van der Waals surface area contributed by atoms with Gasteiger partial charge in [0.25, 0.3) is 0 Å². The van der Waals surface area contributed by atoms with Gasteiger partial charge in [0.15, 0.2) is 12.7 Å². The van der Waals surface area contributed by atoms with Gasteiger partial charge in [-0.3, -0.25) is 4.90 Å². The number of anilines is 1. The zero-order valence-electron chi connectivity index (χ0n) is 23.6. The summed E-state index contributed by atoms with van der Waals surface area (Å²) >= 11 is 1.74. The maximum Gasteiger partial charge on any atom is 0.321 e. The lowest BCUT2D eigenvalue weighted by atomic mass is 10.1. The summed E-state index contributed by atoms with van der Waals surface area (Å²) in [7, 11) is 1.67. The number of aromatic nitrogens is 1. The topological polar surface area (TPSA) is 45.5 Å². The number of ether oxygens (including phenoxy) is 1. The summed E-state index contributed by atoms with van der Waals surface area (Å²) < 4.78 is 8.23. The third-order valence-corrected chi connectivity index (χ3v) is 7.65. The van der Waals surface area contributed by atoms with Gasteiger partial charge in [0.1, 0.15) is 5.75 Å². The smallest absolute Gasteiger partial charge is 0.321 e. The molecule has 0 unspecified atom stereocenters. The van der Waals surface area contributed by atoms with Crippen LogP contribution in [0, 0.1) is 6.92 Å². The number of carbonyl (C=O) groups excluding carboxylic acids is 1. The quantitative estimate of drug-likeness (QED) is 0.140. The predicted octanol–water partition coefficient (Wildman–Crippen LogP) is 8.04. The van der Waals surface area contributed by atoms with E-state index in [1.54, 1.807) is 23.3 Å². The highest BCUT2D eigenvalue weighted by molar-refractivity contribution is 7.09. The number of hydrogen-bond donors (Lipinski definition) is 1. The standard InChI is InChI=1S/C32H45N3O2S/c1-4-5-6-7-8-9-10-11-12-13-21-37-31-16-14-15-29(22-31)25-35(32(36)33-3)30-19-17-28(18-20-30)24-34-23-27(2)38-26-34/h14-20,22-23,26H,4-13,21,24-25H2,1-3H3/p+1. The van der Waals surface area contributed by atoms with Crippen LogP contribution in [0.2, 0.25) is 0 Å². The summed E-state index contributed by atoms with van der Waals surface area (Å²) in [6, 6.07) is 16.2. The number of benzene rings is 2. The molecular formula is C32H46N3O2S+. The van der Waals surface area contributed by atoms with E-state index in [4.69, 9.17) is 4.74 Å². The zero-order chi connectivity index (χ0) is 27.0. The summed E-state index contributed by atoms with van der Waals surface area (Å²) in [4.78, 5) is 15.8. The molecule has 38 heavy (non-hydrogen) atoms. The number of unbranched alkanes of at least 4 members (excludes halogenated alkanes) is 9. The number of urea groups is 1. The summed E-state index contributed by atoms with van der Waals surface area (Å²) in [5, 5.41) is 2.78. The van der Waals surface area contributed by atoms with Crippen LogP contribution in [0.4, 0.5) is 10.5 Å². The Morgan fingerprint density at radius 2 is 1.61 bits per heavy atom. The molecule has 0 radical (unpaired) electrons. The third kappa shape index (κ3) is 10.5. The number of rotatable bonds is 17. The number of carbonyl (C=O) groups is 1. The Hall–Kier alpha value is -2.86. The van der Waals surface area contributed by atoms with E-state index in [9.17, 15) is 4.79 Å². The maximum absolute atomic E-state index is 12.7. The van der Waals surface area contributed by atoms with Crippen molar-refractivity contribution >= 4 is 23.1 Å². The molecule has 206 valence electrons. The molecule has 0 bridgehead atoms. The van der Waals surface area contributed by atoms with Crippen LogP contribution in [0.15, 0.2) is 60.2 Å². The number of aryl methyl sites for hydroxylation is 1. The number of nitrogens with zero attached hydrogens (tertiary/aromatic N) is 2. The van der Waals surface area contributed by atoms with Crippen molar-refractivity contribution in [3.63, 3.8) is 0 Å². The molecule has 0 saturated carbocycles. The van der Waals surface area contributed by atoms with E-state index in [2.05, 4.69) is 53.6 Å². The Balaban J connectivity index is 1.46. The van der Waals surface area contributed by atoms with Crippen LogP contribution in [-0.2, 0) is 13.1 Å².